The largest absolute Gasteiger partial charge is 0.444 e. The Hall–Kier alpha value is -1.69. The molecule has 0 spiro atoms. The lowest BCUT2D eigenvalue weighted by Gasteiger charge is -2.34. The molecule has 0 saturated carbocycles. The van der Waals surface area contributed by atoms with Crippen LogP contribution in [0, 0.1) is 0 Å². The Kier molecular flexibility index (Phi) is 5.27. The summed E-state index contributed by atoms with van der Waals surface area (Å²) in [5.74, 6) is 0.108. The number of carbonyl (C=O) groups excluding carboxylic acids is 2. The Morgan fingerprint density at radius 1 is 1.20 bits per heavy atom. The number of hydrogen-bond acceptors (Lipinski definition) is 4. The van der Waals surface area contributed by atoms with Crippen LogP contribution in [-0.4, -0.2) is 46.9 Å². The summed E-state index contributed by atoms with van der Waals surface area (Å²) in [7, 11) is 0. The Morgan fingerprint density at radius 3 is 2.52 bits per heavy atom. The third kappa shape index (κ3) is 4.69. The molecule has 1 N–H and O–H groups in total. The van der Waals surface area contributed by atoms with Gasteiger partial charge in [-0.3, -0.25) is 4.79 Å². The minimum atomic E-state index is -0.475. The van der Waals surface area contributed by atoms with Gasteiger partial charge in [-0.1, -0.05) is 18.2 Å². The molecule has 5 nitrogen and oxygen atoms in total. The smallest absolute Gasteiger partial charge is 0.410 e. The van der Waals surface area contributed by atoms with Gasteiger partial charge in [0.2, 0.25) is 5.91 Å². The zero-order valence-electron chi connectivity index (χ0n) is 15.1. The number of fused-ring (bicyclic) bond motifs is 1. The van der Waals surface area contributed by atoms with Crippen molar-refractivity contribution in [3.63, 3.8) is 0 Å². The Labute approximate surface area is 153 Å². The average Bonchev–Trinajstić information content (AvgIpc) is 2.98. The van der Waals surface area contributed by atoms with E-state index in [-0.39, 0.29) is 23.3 Å². The maximum Gasteiger partial charge on any atom is 0.410 e. The fourth-order valence-corrected chi connectivity index (χ4v) is 4.36. The molecule has 0 bridgehead atoms. The summed E-state index contributed by atoms with van der Waals surface area (Å²) < 4.78 is 5.41. The first-order chi connectivity index (χ1) is 11.8. The Balaban J connectivity index is 1.45. The molecule has 0 aromatic heterocycles. The fourth-order valence-electron chi connectivity index (χ4n) is 3.16. The highest BCUT2D eigenvalue weighted by Crippen LogP contribution is 2.36. The van der Waals surface area contributed by atoms with Crippen LogP contribution in [0.2, 0.25) is 0 Å². The highest BCUT2D eigenvalue weighted by molar-refractivity contribution is 8.01. The molecule has 6 heteroatoms. The van der Waals surface area contributed by atoms with Crippen molar-refractivity contribution in [2.75, 3.05) is 13.1 Å². The first-order valence-electron chi connectivity index (χ1n) is 8.85. The number of hydrogen-bond donors (Lipinski definition) is 1. The lowest BCUT2D eigenvalue weighted by Crippen LogP contribution is -2.49. The van der Waals surface area contributed by atoms with Gasteiger partial charge in [-0.25, -0.2) is 4.79 Å². The average molecular weight is 362 g/mol. The highest BCUT2D eigenvalue weighted by atomic mass is 32.2. The van der Waals surface area contributed by atoms with E-state index in [1.807, 2.05) is 32.9 Å². The van der Waals surface area contributed by atoms with E-state index in [2.05, 4.69) is 17.4 Å². The second-order valence-corrected chi connectivity index (χ2v) is 8.91. The van der Waals surface area contributed by atoms with Crippen LogP contribution in [0.3, 0.4) is 0 Å². The van der Waals surface area contributed by atoms with E-state index in [0.717, 1.165) is 19.3 Å². The molecular weight excluding hydrogens is 336 g/mol. The number of thioether (sulfide) groups is 1. The van der Waals surface area contributed by atoms with Gasteiger partial charge in [0.1, 0.15) is 5.60 Å². The molecule has 1 aromatic rings. The number of benzene rings is 1. The SMILES string of the molecule is CC(C)(C)OC(=O)N1CCC(NC(=O)C2Cc3ccccc3S2)CC1. The Morgan fingerprint density at radius 2 is 1.88 bits per heavy atom. The molecule has 2 aliphatic rings. The van der Waals surface area contributed by atoms with E-state index in [4.69, 9.17) is 4.74 Å². The number of likely N-dealkylation sites (tertiary alicyclic amines) is 1. The maximum absolute atomic E-state index is 12.5. The first-order valence-corrected chi connectivity index (χ1v) is 9.73. The highest BCUT2D eigenvalue weighted by Gasteiger charge is 2.31. The number of ether oxygens (including phenoxy) is 1. The molecule has 1 fully saturated rings. The summed E-state index contributed by atoms with van der Waals surface area (Å²) in [6.45, 7) is 6.86. The zero-order chi connectivity index (χ0) is 18.0. The molecule has 2 amide bonds. The van der Waals surface area contributed by atoms with Crippen LogP contribution < -0.4 is 5.32 Å². The third-order valence-electron chi connectivity index (χ3n) is 4.43. The van der Waals surface area contributed by atoms with Gasteiger partial charge < -0.3 is 15.0 Å². The van der Waals surface area contributed by atoms with Gasteiger partial charge in [-0.2, -0.15) is 0 Å². The van der Waals surface area contributed by atoms with E-state index in [1.165, 1.54) is 10.5 Å². The topological polar surface area (TPSA) is 58.6 Å². The molecule has 3 rings (SSSR count). The van der Waals surface area contributed by atoms with Gasteiger partial charge in [-0.05, 0) is 51.7 Å². The molecule has 1 unspecified atom stereocenters. The molecule has 1 aromatic carbocycles. The van der Waals surface area contributed by atoms with Crippen LogP contribution in [-0.2, 0) is 16.0 Å². The summed E-state index contributed by atoms with van der Waals surface area (Å²) >= 11 is 1.65. The summed E-state index contributed by atoms with van der Waals surface area (Å²) in [4.78, 5) is 27.6. The molecule has 2 heterocycles. The number of amides is 2. The van der Waals surface area contributed by atoms with E-state index < -0.39 is 5.60 Å². The summed E-state index contributed by atoms with van der Waals surface area (Å²) in [6.07, 6.45) is 2.08. The number of nitrogens with one attached hydrogen (secondary N) is 1. The van der Waals surface area contributed by atoms with Crippen molar-refractivity contribution in [2.45, 2.75) is 61.8 Å². The van der Waals surface area contributed by atoms with Crippen LogP contribution in [0.1, 0.15) is 39.2 Å². The molecule has 136 valence electrons. The van der Waals surface area contributed by atoms with Gasteiger partial charge in [0.25, 0.3) is 0 Å². The van der Waals surface area contributed by atoms with Crippen molar-refractivity contribution in [2.24, 2.45) is 0 Å². The minimum absolute atomic E-state index is 0.0405. The number of carbonyl (C=O) groups is 2. The molecule has 0 aliphatic carbocycles. The normalized spacial score (nSPS) is 20.9. The van der Waals surface area contributed by atoms with Crippen molar-refractivity contribution in [1.82, 2.24) is 10.2 Å². The van der Waals surface area contributed by atoms with Gasteiger partial charge in [0.05, 0.1) is 5.25 Å². The van der Waals surface area contributed by atoms with Gasteiger partial charge in [-0.15, -0.1) is 11.8 Å². The number of piperidine rings is 1. The predicted octanol–water partition coefficient (Wildman–Crippen LogP) is 3.22. The van der Waals surface area contributed by atoms with Crippen molar-refractivity contribution >= 4 is 23.8 Å². The van der Waals surface area contributed by atoms with Crippen LogP contribution >= 0.6 is 11.8 Å². The maximum atomic E-state index is 12.5. The van der Waals surface area contributed by atoms with Gasteiger partial charge in [0, 0.05) is 24.0 Å². The lowest BCUT2D eigenvalue weighted by molar-refractivity contribution is -0.121. The van der Waals surface area contributed by atoms with Crippen LogP contribution in [0.15, 0.2) is 29.2 Å². The molecule has 25 heavy (non-hydrogen) atoms. The lowest BCUT2D eigenvalue weighted by atomic mass is 10.0. The van der Waals surface area contributed by atoms with Crippen molar-refractivity contribution < 1.29 is 14.3 Å². The standard InChI is InChI=1S/C19H26N2O3S/c1-19(2,3)24-18(23)21-10-8-14(9-11-21)20-17(22)16-12-13-6-4-5-7-15(13)25-16/h4-7,14,16H,8-12H2,1-3H3,(H,20,22). The van der Waals surface area contributed by atoms with Gasteiger partial charge >= 0.3 is 6.09 Å². The third-order valence-corrected chi connectivity index (χ3v) is 5.75. The summed E-state index contributed by atoms with van der Waals surface area (Å²) in [6, 6.07) is 8.34. The van der Waals surface area contributed by atoms with Crippen LogP contribution in [0.4, 0.5) is 4.79 Å². The van der Waals surface area contributed by atoms with Crippen molar-refractivity contribution in [1.29, 1.82) is 0 Å². The second-order valence-electron chi connectivity index (χ2n) is 7.67. The molecule has 2 aliphatic heterocycles. The van der Waals surface area contributed by atoms with Crippen molar-refractivity contribution in [3.8, 4) is 0 Å². The monoisotopic (exact) mass is 362 g/mol. The van der Waals surface area contributed by atoms with Crippen LogP contribution in [0.5, 0.6) is 0 Å². The first kappa shape index (κ1) is 18.1. The second kappa shape index (κ2) is 7.28. The predicted molar refractivity (Wildman–Crippen MR) is 98.8 cm³/mol. The van der Waals surface area contributed by atoms with E-state index in [1.54, 1.807) is 16.7 Å². The minimum Gasteiger partial charge on any atom is -0.444 e. The Bertz CT molecular complexity index is 623. The fraction of sp³-hybridized carbons (Fsp3) is 0.579. The summed E-state index contributed by atoms with van der Waals surface area (Å²) in [5, 5.41) is 3.12. The van der Waals surface area contributed by atoms with Crippen LogP contribution in [0.25, 0.3) is 0 Å². The molecular formula is C19H26N2O3S. The summed E-state index contributed by atoms with van der Waals surface area (Å²) in [5.41, 5.74) is 0.781. The number of rotatable bonds is 2. The van der Waals surface area contributed by atoms with E-state index >= 15 is 0 Å². The number of nitrogens with zero attached hydrogens (tertiary/aromatic N) is 1. The van der Waals surface area contributed by atoms with Gasteiger partial charge in [0.15, 0.2) is 0 Å². The quantitative estimate of drug-likeness (QED) is 0.878. The zero-order valence-corrected chi connectivity index (χ0v) is 15.9. The van der Waals surface area contributed by atoms with E-state index in [0.29, 0.717) is 13.1 Å². The molecule has 1 atom stereocenters. The molecule has 0 radical (unpaired) electrons. The van der Waals surface area contributed by atoms with Crippen molar-refractivity contribution in [3.05, 3.63) is 29.8 Å². The van der Waals surface area contributed by atoms with E-state index in [9.17, 15) is 9.59 Å². The molecule has 1 saturated heterocycles.